The van der Waals surface area contributed by atoms with Crippen molar-refractivity contribution < 1.29 is 18.3 Å². The monoisotopic (exact) mass is 355 g/mol. The molecule has 1 aliphatic rings. The van der Waals surface area contributed by atoms with E-state index in [4.69, 9.17) is 4.74 Å². The highest BCUT2D eigenvalue weighted by Crippen LogP contribution is 2.29. The highest BCUT2D eigenvalue weighted by molar-refractivity contribution is 5.89. The van der Waals surface area contributed by atoms with Crippen molar-refractivity contribution in [1.82, 2.24) is 5.32 Å². The van der Waals surface area contributed by atoms with Crippen molar-refractivity contribution in [1.29, 1.82) is 0 Å². The van der Waals surface area contributed by atoms with Crippen molar-refractivity contribution in [2.24, 2.45) is 0 Å². The molecule has 0 aliphatic carbocycles. The van der Waals surface area contributed by atoms with Crippen LogP contribution in [0.2, 0.25) is 0 Å². The van der Waals surface area contributed by atoms with E-state index in [1.807, 2.05) is 0 Å². The maximum atomic E-state index is 14.2. The van der Waals surface area contributed by atoms with Crippen LogP contribution in [0.4, 0.5) is 25.0 Å². The lowest BCUT2D eigenvalue weighted by Gasteiger charge is -2.20. The Labute approximate surface area is 147 Å². The molecule has 0 spiro atoms. The summed E-state index contributed by atoms with van der Waals surface area (Å²) in [6.45, 7) is 5.15. The van der Waals surface area contributed by atoms with Gasteiger partial charge in [0.2, 0.25) is 0 Å². The van der Waals surface area contributed by atoms with Gasteiger partial charge in [-0.15, -0.1) is 0 Å². The maximum absolute atomic E-state index is 14.2. The Morgan fingerprint density at radius 3 is 2.44 bits per heavy atom. The third-order valence-electron chi connectivity index (χ3n) is 4.09. The molecule has 0 bridgehead atoms. The fourth-order valence-corrected chi connectivity index (χ4v) is 2.78. The molecule has 0 saturated carbocycles. The van der Waals surface area contributed by atoms with Gasteiger partial charge in [0.15, 0.2) is 11.6 Å². The van der Waals surface area contributed by atoms with E-state index in [-0.39, 0.29) is 11.4 Å². The summed E-state index contributed by atoms with van der Waals surface area (Å²) in [7, 11) is 0. The zero-order valence-corrected chi connectivity index (χ0v) is 14.7. The number of benzene rings is 1. The third kappa shape index (κ3) is 6.16. The minimum absolute atomic E-state index is 0.00677. The van der Waals surface area contributed by atoms with Gasteiger partial charge in [0, 0.05) is 38.5 Å². The van der Waals surface area contributed by atoms with Crippen LogP contribution < -0.4 is 15.5 Å². The Hall–Kier alpha value is -1.89. The van der Waals surface area contributed by atoms with E-state index in [0.717, 1.165) is 44.4 Å². The molecule has 1 aromatic carbocycles. The van der Waals surface area contributed by atoms with Crippen LogP contribution >= 0.6 is 0 Å². The Kier molecular flexibility index (Phi) is 7.91. The Balaban J connectivity index is 1.77. The number of halogens is 2. The smallest absolute Gasteiger partial charge is 0.319 e. The fraction of sp³-hybridized carbons (Fsp3) is 0.611. The zero-order chi connectivity index (χ0) is 18.1. The molecule has 1 saturated heterocycles. The molecule has 0 radical (unpaired) electrons. The Morgan fingerprint density at radius 1 is 1.16 bits per heavy atom. The lowest BCUT2D eigenvalue weighted by atomic mass is 10.2. The van der Waals surface area contributed by atoms with Gasteiger partial charge in [-0.25, -0.2) is 13.6 Å². The van der Waals surface area contributed by atoms with Gasteiger partial charge in [-0.05, 0) is 37.8 Å². The van der Waals surface area contributed by atoms with E-state index >= 15 is 0 Å². The molecule has 5 nitrogen and oxygen atoms in total. The van der Waals surface area contributed by atoms with Gasteiger partial charge >= 0.3 is 6.03 Å². The van der Waals surface area contributed by atoms with Crippen LogP contribution in [0.25, 0.3) is 0 Å². The highest BCUT2D eigenvalue weighted by atomic mass is 19.1. The first kappa shape index (κ1) is 19.4. The van der Waals surface area contributed by atoms with E-state index in [1.54, 1.807) is 4.90 Å². The molecule has 2 amide bonds. The molecule has 0 aromatic heterocycles. The minimum atomic E-state index is -0.651. The lowest BCUT2D eigenvalue weighted by Crippen LogP contribution is -2.30. The molecule has 0 atom stereocenters. The fourth-order valence-electron chi connectivity index (χ4n) is 2.78. The Morgan fingerprint density at radius 2 is 1.80 bits per heavy atom. The van der Waals surface area contributed by atoms with E-state index in [2.05, 4.69) is 17.6 Å². The summed E-state index contributed by atoms with van der Waals surface area (Å²) in [6.07, 6.45) is 4.67. The van der Waals surface area contributed by atoms with Gasteiger partial charge in [-0.3, -0.25) is 0 Å². The summed E-state index contributed by atoms with van der Waals surface area (Å²) in [4.78, 5) is 13.5. The molecule has 0 unspecified atom stereocenters. The zero-order valence-electron chi connectivity index (χ0n) is 14.7. The van der Waals surface area contributed by atoms with Gasteiger partial charge < -0.3 is 20.3 Å². The average Bonchev–Trinajstić information content (AvgIpc) is 3.07. The van der Waals surface area contributed by atoms with Crippen LogP contribution in [0.5, 0.6) is 0 Å². The standard InChI is InChI=1S/C18H27F2N3O2/c1-2-3-10-25-11-6-7-21-18(24)22-14-12-15(19)17(16(20)13-14)23-8-4-5-9-23/h12-13H,2-11H2,1H3,(H2,21,22,24). The first-order valence-corrected chi connectivity index (χ1v) is 8.98. The van der Waals surface area contributed by atoms with Crippen molar-refractivity contribution >= 4 is 17.4 Å². The number of rotatable bonds is 9. The molecule has 2 rings (SSSR count). The quantitative estimate of drug-likeness (QED) is 0.661. The van der Waals surface area contributed by atoms with Gasteiger partial charge in [0.25, 0.3) is 0 Å². The normalized spacial score (nSPS) is 14.0. The number of amides is 2. The molecule has 1 fully saturated rings. The van der Waals surface area contributed by atoms with Crippen LogP contribution in [0.1, 0.15) is 39.0 Å². The molecule has 1 aliphatic heterocycles. The van der Waals surface area contributed by atoms with Gasteiger partial charge in [-0.2, -0.15) is 0 Å². The van der Waals surface area contributed by atoms with Crippen LogP contribution in [-0.2, 0) is 4.74 Å². The van der Waals surface area contributed by atoms with E-state index in [9.17, 15) is 13.6 Å². The first-order valence-electron chi connectivity index (χ1n) is 8.98. The minimum Gasteiger partial charge on any atom is -0.381 e. The summed E-state index contributed by atoms with van der Waals surface area (Å²) in [6, 6.07) is 1.83. The van der Waals surface area contributed by atoms with Crippen molar-refractivity contribution in [2.75, 3.05) is 43.1 Å². The van der Waals surface area contributed by atoms with Crippen LogP contribution in [0, 0.1) is 11.6 Å². The topological polar surface area (TPSA) is 53.6 Å². The molecular weight excluding hydrogens is 328 g/mol. The lowest BCUT2D eigenvalue weighted by molar-refractivity contribution is 0.129. The van der Waals surface area contributed by atoms with Crippen LogP contribution in [0.3, 0.4) is 0 Å². The molecule has 1 aromatic rings. The van der Waals surface area contributed by atoms with E-state index in [1.165, 1.54) is 0 Å². The van der Waals surface area contributed by atoms with Crippen molar-refractivity contribution in [3.63, 3.8) is 0 Å². The van der Waals surface area contributed by atoms with E-state index < -0.39 is 17.7 Å². The summed E-state index contributed by atoms with van der Waals surface area (Å²) in [5.41, 5.74) is 0.0994. The predicted octanol–water partition coefficient (Wildman–Crippen LogP) is 3.89. The number of carbonyl (C=O) groups excluding carboxylic acids is 1. The van der Waals surface area contributed by atoms with Crippen LogP contribution in [0.15, 0.2) is 12.1 Å². The highest BCUT2D eigenvalue weighted by Gasteiger charge is 2.21. The molecular formula is C18H27F2N3O2. The van der Waals surface area contributed by atoms with Gasteiger partial charge in [0.1, 0.15) is 5.69 Å². The number of hydrogen-bond acceptors (Lipinski definition) is 3. The maximum Gasteiger partial charge on any atom is 0.319 e. The summed E-state index contributed by atoms with van der Waals surface area (Å²) < 4.78 is 33.8. The van der Waals surface area contributed by atoms with E-state index in [0.29, 0.717) is 32.7 Å². The van der Waals surface area contributed by atoms with Crippen LogP contribution in [-0.4, -0.2) is 38.9 Å². The summed E-state index contributed by atoms with van der Waals surface area (Å²) in [5, 5.41) is 5.11. The largest absolute Gasteiger partial charge is 0.381 e. The number of ether oxygens (including phenoxy) is 1. The van der Waals surface area contributed by atoms with Crippen molar-refractivity contribution in [2.45, 2.75) is 39.0 Å². The van der Waals surface area contributed by atoms with Gasteiger partial charge in [-0.1, -0.05) is 13.3 Å². The number of hydrogen-bond donors (Lipinski definition) is 2. The SMILES string of the molecule is CCCCOCCCNC(=O)Nc1cc(F)c(N2CCCC2)c(F)c1. The first-order chi connectivity index (χ1) is 12.1. The second kappa shape index (κ2) is 10.2. The second-order valence-corrected chi connectivity index (χ2v) is 6.18. The predicted molar refractivity (Wildman–Crippen MR) is 95.2 cm³/mol. The molecule has 140 valence electrons. The van der Waals surface area contributed by atoms with Crippen molar-refractivity contribution in [3.8, 4) is 0 Å². The Bertz CT molecular complexity index is 540. The molecule has 25 heavy (non-hydrogen) atoms. The third-order valence-corrected chi connectivity index (χ3v) is 4.09. The van der Waals surface area contributed by atoms with Crippen molar-refractivity contribution in [3.05, 3.63) is 23.8 Å². The number of anilines is 2. The average molecular weight is 355 g/mol. The number of urea groups is 1. The number of carbonyl (C=O) groups is 1. The summed E-state index contributed by atoms with van der Waals surface area (Å²) in [5.74, 6) is -1.30. The molecule has 7 heteroatoms. The number of nitrogens with one attached hydrogen (secondary N) is 2. The second-order valence-electron chi connectivity index (χ2n) is 6.18. The van der Waals surface area contributed by atoms with Gasteiger partial charge in [0.05, 0.1) is 0 Å². The number of unbranched alkanes of at least 4 members (excludes halogenated alkanes) is 1. The summed E-state index contributed by atoms with van der Waals surface area (Å²) >= 11 is 0. The number of nitrogens with zero attached hydrogens (tertiary/aromatic N) is 1. The molecule has 2 N–H and O–H groups in total. The molecule has 1 heterocycles.